The molecule has 1 aromatic carbocycles. The van der Waals surface area contributed by atoms with Crippen LogP contribution in [0.2, 0.25) is 0 Å². The molecule has 0 saturated heterocycles. The van der Waals surface area contributed by atoms with Crippen LogP contribution in [-0.4, -0.2) is 20.9 Å². The number of halogens is 2. The van der Waals surface area contributed by atoms with Gasteiger partial charge in [0.2, 0.25) is 0 Å². The van der Waals surface area contributed by atoms with Crippen molar-refractivity contribution in [3.63, 3.8) is 0 Å². The van der Waals surface area contributed by atoms with Gasteiger partial charge in [-0.25, -0.2) is 9.48 Å². The lowest BCUT2D eigenvalue weighted by atomic mass is 10.3. The molecule has 2 rings (SSSR count). The molecule has 0 aliphatic rings. The number of aromatic nitrogens is 2. The molecule has 0 atom stereocenters. The minimum absolute atomic E-state index is 0.0823. The Morgan fingerprint density at radius 1 is 1.47 bits per heavy atom. The molecule has 17 heavy (non-hydrogen) atoms. The van der Waals surface area contributed by atoms with E-state index in [-0.39, 0.29) is 5.69 Å². The molecule has 0 aliphatic carbocycles. The summed E-state index contributed by atoms with van der Waals surface area (Å²) in [4.78, 5) is 11.0. The Hall–Kier alpha value is -0.890. The highest BCUT2D eigenvalue weighted by atomic mass is 127. The molecule has 0 aliphatic heterocycles. The zero-order valence-corrected chi connectivity index (χ0v) is 12.6. The first-order valence-corrected chi connectivity index (χ1v) is 6.63. The monoisotopic (exact) mass is 406 g/mol. The van der Waals surface area contributed by atoms with Crippen molar-refractivity contribution in [3.05, 3.63) is 43.7 Å². The third-order valence-corrected chi connectivity index (χ3v) is 4.29. The third-order valence-electron chi connectivity index (χ3n) is 2.33. The standard InChI is InChI=1S/C11H8BrIN2O2/c1-6-9(13)10(11(16)17)14-15(6)8-5-3-2-4-7(8)12/h2-5H,1H3,(H,16,17). The first kappa shape index (κ1) is 12.6. The summed E-state index contributed by atoms with van der Waals surface area (Å²) in [6.07, 6.45) is 0. The Bertz CT molecular complexity index is 595. The van der Waals surface area contributed by atoms with Crippen LogP contribution in [0.5, 0.6) is 0 Å². The molecule has 2 aromatic rings. The van der Waals surface area contributed by atoms with E-state index >= 15 is 0 Å². The average Bonchev–Trinajstić information content (AvgIpc) is 2.57. The number of rotatable bonds is 2. The molecule has 0 amide bonds. The van der Waals surface area contributed by atoms with Gasteiger partial charge in [-0.15, -0.1) is 0 Å². The van der Waals surface area contributed by atoms with Crippen molar-refractivity contribution in [3.8, 4) is 5.69 Å². The van der Waals surface area contributed by atoms with E-state index in [4.69, 9.17) is 5.11 Å². The molecule has 0 radical (unpaired) electrons. The van der Waals surface area contributed by atoms with Crippen molar-refractivity contribution in [1.82, 2.24) is 9.78 Å². The van der Waals surface area contributed by atoms with Crippen molar-refractivity contribution < 1.29 is 9.90 Å². The summed E-state index contributed by atoms with van der Waals surface area (Å²) < 4.78 is 3.17. The fourth-order valence-corrected chi connectivity index (χ4v) is 2.50. The quantitative estimate of drug-likeness (QED) is 0.779. The number of hydrogen-bond acceptors (Lipinski definition) is 2. The van der Waals surface area contributed by atoms with Crippen LogP contribution in [0.3, 0.4) is 0 Å². The zero-order chi connectivity index (χ0) is 12.6. The van der Waals surface area contributed by atoms with Gasteiger partial charge >= 0.3 is 5.97 Å². The van der Waals surface area contributed by atoms with E-state index in [0.29, 0.717) is 3.57 Å². The second kappa shape index (κ2) is 4.77. The number of carboxylic acids is 1. The van der Waals surface area contributed by atoms with E-state index < -0.39 is 5.97 Å². The van der Waals surface area contributed by atoms with Gasteiger partial charge in [0.15, 0.2) is 5.69 Å². The van der Waals surface area contributed by atoms with Crippen molar-refractivity contribution in [2.75, 3.05) is 0 Å². The molecule has 88 valence electrons. The first-order chi connectivity index (χ1) is 8.02. The summed E-state index contributed by atoms with van der Waals surface area (Å²) in [5, 5.41) is 13.1. The molecule has 0 saturated carbocycles. The van der Waals surface area contributed by atoms with Gasteiger partial charge in [-0.2, -0.15) is 5.10 Å². The van der Waals surface area contributed by atoms with Crippen LogP contribution in [0.1, 0.15) is 16.2 Å². The van der Waals surface area contributed by atoms with Gasteiger partial charge in [0.25, 0.3) is 0 Å². The van der Waals surface area contributed by atoms with Crippen LogP contribution in [-0.2, 0) is 0 Å². The number of hydrogen-bond donors (Lipinski definition) is 1. The van der Waals surface area contributed by atoms with Crippen LogP contribution in [0, 0.1) is 10.5 Å². The normalized spacial score (nSPS) is 10.5. The van der Waals surface area contributed by atoms with E-state index in [1.807, 2.05) is 53.8 Å². The molecule has 0 fully saturated rings. The van der Waals surface area contributed by atoms with Crippen LogP contribution >= 0.6 is 38.5 Å². The average molecular weight is 407 g/mol. The lowest BCUT2D eigenvalue weighted by Crippen LogP contribution is -2.02. The highest BCUT2D eigenvalue weighted by Crippen LogP contribution is 2.25. The van der Waals surface area contributed by atoms with Crippen LogP contribution < -0.4 is 0 Å². The number of carbonyl (C=O) groups is 1. The number of carboxylic acid groups (broad SMARTS) is 1. The number of benzene rings is 1. The van der Waals surface area contributed by atoms with Crippen LogP contribution in [0.15, 0.2) is 28.7 Å². The molecule has 0 spiro atoms. The smallest absolute Gasteiger partial charge is 0.357 e. The summed E-state index contributed by atoms with van der Waals surface area (Å²) in [5.41, 5.74) is 1.73. The maximum Gasteiger partial charge on any atom is 0.357 e. The lowest BCUT2D eigenvalue weighted by Gasteiger charge is -2.06. The van der Waals surface area contributed by atoms with E-state index in [9.17, 15) is 4.79 Å². The summed E-state index contributed by atoms with van der Waals surface area (Å²) in [5.74, 6) is -1.01. The highest BCUT2D eigenvalue weighted by Gasteiger charge is 2.19. The first-order valence-electron chi connectivity index (χ1n) is 4.75. The molecule has 0 unspecified atom stereocenters. The van der Waals surface area contributed by atoms with Gasteiger partial charge in [0, 0.05) is 4.47 Å². The van der Waals surface area contributed by atoms with Gasteiger partial charge in [-0.3, -0.25) is 0 Å². The molecule has 4 nitrogen and oxygen atoms in total. The van der Waals surface area contributed by atoms with Crippen molar-refractivity contribution in [1.29, 1.82) is 0 Å². The predicted octanol–water partition coefficient (Wildman–Crippen LogP) is 3.25. The largest absolute Gasteiger partial charge is 0.476 e. The Morgan fingerprint density at radius 2 is 2.12 bits per heavy atom. The zero-order valence-electron chi connectivity index (χ0n) is 8.82. The molecule has 0 bridgehead atoms. The molecule has 6 heteroatoms. The topological polar surface area (TPSA) is 55.1 Å². The summed E-state index contributed by atoms with van der Waals surface area (Å²) in [6.45, 7) is 1.85. The predicted molar refractivity (Wildman–Crippen MR) is 75.7 cm³/mol. The summed E-state index contributed by atoms with van der Waals surface area (Å²) in [7, 11) is 0. The fourth-order valence-electron chi connectivity index (χ4n) is 1.48. The molecule has 1 heterocycles. The highest BCUT2D eigenvalue weighted by molar-refractivity contribution is 14.1. The van der Waals surface area contributed by atoms with Crippen molar-refractivity contribution >= 4 is 44.5 Å². The van der Waals surface area contributed by atoms with E-state index in [1.165, 1.54) is 0 Å². The summed E-state index contributed by atoms with van der Waals surface area (Å²) >= 11 is 5.43. The van der Waals surface area contributed by atoms with Gasteiger partial charge in [-0.05, 0) is 57.6 Å². The fraction of sp³-hybridized carbons (Fsp3) is 0.0909. The maximum atomic E-state index is 11.0. The van der Waals surface area contributed by atoms with Crippen molar-refractivity contribution in [2.45, 2.75) is 6.92 Å². The molecule has 1 aromatic heterocycles. The van der Waals surface area contributed by atoms with Crippen LogP contribution in [0.4, 0.5) is 0 Å². The van der Waals surface area contributed by atoms with E-state index in [1.54, 1.807) is 4.68 Å². The Labute approximate surface area is 120 Å². The molecular weight excluding hydrogens is 399 g/mol. The molecular formula is C11H8BrIN2O2. The summed E-state index contributed by atoms with van der Waals surface area (Å²) in [6, 6.07) is 7.56. The van der Waals surface area contributed by atoms with Gasteiger partial charge < -0.3 is 5.11 Å². The SMILES string of the molecule is Cc1c(I)c(C(=O)O)nn1-c1ccccc1Br. The van der Waals surface area contributed by atoms with Gasteiger partial charge in [-0.1, -0.05) is 12.1 Å². The van der Waals surface area contributed by atoms with Gasteiger partial charge in [0.05, 0.1) is 15.0 Å². The minimum Gasteiger partial charge on any atom is -0.476 e. The number of para-hydroxylation sites is 1. The minimum atomic E-state index is -1.01. The van der Waals surface area contributed by atoms with E-state index in [2.05, 4.69) is 21.0 Å². The van der Waals surface area contributed by atoms with Crippen molar-refractivity contribution in [2.24, 2.45) is 0 Å². The maximum absolute atomic E-state index is 11.0. The van der Waals surface area contributed by atoms with E-state index in [0.717, 1.165) is 15.9 Å². The second-order valence-electron chi connectivity index (χ2n) is 3.42. The number of nitrogens with zero attached hydrogens (tertiary/aromatic N) is 2. The number of aromatic carboxylic acids is 1. The van der Waals surface area contributed by atoms with Gasteiger partial charge in [0.1, 0.15) is 0 Å². The Kier molecular flexibility index (Phi) is 3.53. The lowest BCUT2D eigenvalue weighted by molar-refractivity contribution is 0.0689. The Balaban J connectivity index is 2.66. The third kappa shape index (κ3) is 2.23. The molecule has 1 N–H and O–H groups in total. The van der Waals surface area contributed by atoms with Crippen LogP contribution in [0.25, 0.3) is 5.69 Å². The second-order valence-corrected chi connectivity index (χ2v) is 5.35. The Morgan fingerprint density at radius 3 is 2.65 bits per heavy atom.